The molecule has 76 valence electrons. The van der Waals surface area contributed by atoms with Crippen LogP contribution in [0.1, 0.15) is 26.2 Å². The van der Waals surface area contributed by atoms with E-state index in [0.717, 1.165) is 6.54 Å². The van der Waals surface area contributed by atoms with Crippen LogP contribution in [-0.2, 0) is 4.79 Å². The summed E-state index contributed by atoms with van der Waals surface area (Å²) in [6, 6.07) is 0.0275. The Morgan fingerprint density at radius 3 is 2.85 bits per heavy atom. The van der Waals surface area contributed by atoms with Gasteiger partial charge in [0.25, 0.3) is 0 Å². The molecule has 13 heavy (non-hydrogen) atoms. The number of nitrogens with two attached hydrogens (primary N) is 2. The smallest absolute Gasteiger partial charge is 0.235 e. The first-order valence-electron chi connectivity index (χ1n) is 4.90. The molecule has 4 heteroatoms. The quantitative estimate of drug-likeness (QED) is 0.632. The van der Waals surface area contributed by atoms with Gasteiger partial charge in [0.05, 0.1) is 6.04 Å². The molecule has 0 spiro atoms. The lowest BCUT2D eigenvalue weighted by Crippen LogP contribution is -2.49. The second-order valence-electron chi connectivity index (χ2n) is 3.85. The first kappa shape index (κ1) is 10.5. The number of carbonyl (C=O) groups is 1. The van der Waals surface area contributed by atoms with Gasteiger partial charge in [-0.25, -0.2) is 0 Å². The summed E-state index contributed by atoms with van der Waals surface area (Å²) in [6.07, 6.45) is 3.69. The van der Waals surface area contributed by atoms with E-state index in [1.165, 1.54) is 19.3 Å². The average molecular weight is 185 g/mol. The third-order valence-corrected chi connectivity index (χ3v) is 2.74. The Bertz CT molecular complexity index is 184. The number of hydrogen-bond acceptors (Lipinski definition) is 3. The summed E-state index contributed by atoms with van der Waals surface area (Å²) in [7, 11) is 0. The average Bonchev–Trinajstić information content (AvgIpc) is 2.08. The predicted molar refractivity (Wildman–Crippen MR) is 52.1 cm³/mol. The van der Waals surface area contributed by atoms with E-state index in [0.29, 0.717) is 12.6 Å². The molecule has 2 unspecified atom stereocenters. The second-order valence-corrected chi connectivity index (χ2v) is 3.85. The monoisotopic (exact) mass is 185 g/mol. The highest BCUT2D eigenvalue weighted by Gasteiger charge is 2.21. The molecular formula is C9H19N3O. The Kier molecular flexibility index (Phi) is 3.69. The topological polar surface area (TPSA) is 72.3 Å². The van der Waals surface area contributed by atoms with Crippen molar-refractivity contribution in [3.63, 3.8) is 0 Å². The Morgan fingerprint density at radius 2 is 2.31 bits per heavy atom. The standard InChI is InChI=1S/C9H19N3O/c1-7-4-2-3-5-12(7)6-8(10)9(11)13/h7-8H,2-6,10H2,1H3,(H2,11,13). The fourth-order valence-corrected chi connectivity index (χ4v) is 1.77. The van der Waals surface area contributed by atoms with E-state index >= 15 is 0 Å². The summed E-state index contributed by atoms with van der Waals surface area (Å²) in [5.74, 6) is -0.405. The Morgan fingerprint density at radius 1 is 1.62 bits per heavy atom. The first-order valence-corrected chi connectivity index (χ1v) is 4.90. The number of hydrogen-bond donors (Lipinski definition) is 2. The van der Waals surface area contributed by atoms with Gasteiger partial charge in [-0.3, -0.25) is 9.69 Å². The molecule has 1 heterocycles. The molecule has 0 aromatic rings. The van der Waals surface area contributed by atoms with Crippen molar-refractivity contribution in [2.45, 2.75) is 38.3 Å². The molecule has 1 amide bonds. The number of nitrogens with zero attached hydrogens (tertiary/aromatic N) is 1. The van der Waals surface area contributed by atoms with Crippen molar-refractivity contribution in [1.82, 2.24) is 4.90 Å². The molecule has 0 bridgehead atoms. The number of likely N-dealkylation sites (tertiary alicyclic amines) is 1. The zero-order valence-corrected chi connectivity index (χ0v) is 8.20. The van der Waals surface area contributed by atoms with Crippen molar-refractivity contribution in [3.8, 4) is 0 Å². The highest BCUT2D eigenvalue weighted by atomic mass is 16.1. The molecule has 4 N–H and O–H groups in total. The van der Waals surface area contributed by atoms with Crippen LogP contribution >= 0.6 is 0 Å². The lowest BCUT2D eigenvalue weighted by atomic mass is 10.0. The summed E-state index contributed by atoms with van der Waals surface area (Å²) in [6.45, 7) is 3.82. The highest BCUT2D eigenvalue weighted by Crippen LogP contribution is 2.15. The van der Waals surface area contributed by atoms with Gasteiger partial charge in [0, 0.05) is 12.6 Å². The summed E-state index contributed by atoms with van der Waals surface area (Å²) in [5.41, 5.74) is 10.7. The summed E-state index contributed by atoms with van der Waals surface area (Å²) < 4.78 is 0. The van der Waals surface area contributed by atoms with Crippen LogP contribution < -0.4 is 11.5 Å². The van der Waals surface area contributed by atoms with Crippen LogP contribution in [0.5, 0.6) is 0 Å². The number of rotatable bonds is 3. The van der Waals surface area contributed by atoms with Gasteiger partial charge in [0.2, 0.25) is 5.91 Å². The minimum atomic E-state index is -0.513. The SMILES string of the molecule is CC1CCCCN1CC(N)C(N)=O. The normalized spacial score (nSPS) is 27.1. The van der Waals surface area contributed by atoms with E-state index in [1.54, 1.807) is 0 Å². The fraction of sp³-hybridized carbons (Fsp3) is 0.889. The van der Waals surface area contributed by atoms with Gasteiger partial charge < -0.3 is 11.5 Å². The van der Waals surface area contributed by atoms with Crippen LogP contribution in [0.2, 0.25) is 0 Å². The number of carbonyl (C=O) groups excluding carboxylic acids is 1. The molecule has 0 saturated carbocycles. The molecule has 0 aromatic heterocycles. The Balaban J connectivity index is 2.37. The summed E-state index contributed by atoms with van der Waals surface area (Å²) in [5, 5.41) is 0. The molecular weight excluding hydrogens is 166 g/mol. The number of amides is 1. The van der Waals surface area contributed by atoms with Gasteiger partial charge in [-0.05, 0) is 26.3 Å². The molecule has 1 saturated heterocycles. The van der Waals surface area contributed by atoms with Crippen LogP contribution in [0, 0.1) is 0 Å². The largest absolute Gasteiger partial charge is 0.368 e. The van der Waals surface area contributed by atoms with Crippen LogP contribution in [-0.4, -0.2) is 36.0 Å². The van der Waals surface area contributed by atoms with Crippen molar-refractivity contribution in [1.29, 1.82) is 0 Å². The van der Waals surface area contributed by atoms with Crippen molar-refractivity contribution in [2.24, 2.45) is 11.5 Å². The molecule has 1 rings (SSSR count). The van der Waals surface area contributed by atoms with Crippen molar-refractivity contribution in [3.05, 3.63) is 0 Å². The second kappa shape index (κ2) is 4.58. The van der Waals surface area contributed by atoms with Crippen LogP contribution in [0.15, 0.2) is 0 Å². The molecule has 4 nitrogen and oxygen atoms in total. The van der Waals surface area contributed by atoms with Gasteiger partial charge in [-0.15, -0.1) is 0 Å². The predicted octanol–water partition coefficient (Wildman–Crippen LogP) is -0.327. The van der Waals surface area contributed by atoms with E-state index in [4.69, 9.17) is 11.5 Å². The maximum Gasteiger partial charge on any atom is 0.235 e. The Labute approximate surface area is 79.3 Å². The van der Waals surface area contributed by atoms with E-state index < -0.39 is 11.9 Å². The minimum Gasteiger partial charge on any atom is -0.368 e. The maximum atomic E-state index is 10.8. The molecule has 1 fully saturated rings. The zero-order valence-electron chi connectivity index (χ0n) is 8.20. The number of piperidine rings is 1. The van der Waals surface area contributed by atoms with Crippen molar-refractivity contribution < 1.29 is 4.79 Å². The van der Waals surface area contributed by atoms with E-state index in [-0.39, 0.29) is 0 Å². The van der Waals surface area contributed by atoms with Crippen LogP contribution in [0.25, 0.3) is 0 Å². The Hall–Kier alpha value is -0.610. The van der Waals surface area contributed by atoms with E-state index in [2.05, 4.69) is 11.8 Å². The third kappa shape index (κ3) is 2.97. The van der Waals surface area contributed by atoms with Crippen molar-refractivity contribution >= 4 is 5.91 Å². The maximum absolute atomic E-state index is 10.8. The highest BCUT2D eigenvalue weighted by molar-refractivity contribution is 5.79. The van der Waals surface area contributed by atoms with Crippen LogP contribution in [0.3, 0.4) is 0 Å². The number of primary amides is 1. The van der Waals surface area contributed by atoms with Gasteiger partial charge in [-0.2, -0.15) is 0 Å². The molecule has 0 aromatic carbocycles. The molecule has 0 aliphatic carbocycles. The first-order chi connectivity index (χ1) is 6.11. The fourth-order valence-electron chi connectivity index (χ4n) is 1.77. The third-order valence-electron chi connectivity index (χ3n) is 2.74. The lowest BCUT2D eigenvalue weighted by Gasteiger charge is -2.34. The molecule has 1 aliphatic rings. The van der Waals surface area contributed by atoms with Crippen molar-refractivity contribution in [2.75, 3.05) is 13.1 Å². The summed E-state index contributed by atoms with van der Waals surface area (Å²) in [4.78, 5) is 13.0. The van der Waals surface area contributed by atoms with Gasteiger partial charge in [0.15, 0.2) is 0 Å². The molecule has 0 radical (unpaired) electrons. The van der Waals surface area contributed by atoms with E-state index in [1.807, 2.05) is 0 Å². The summed E-state index contributed by atoms with van der Waals surface area (Å²) >= 11 is 0. The molecule has 1 aliphatic heterocycles. The lowest BCUT2D eigenvalue weighted by molar-refractivity contribution is -0.119. The van der Waals surface area contributed by atoms with Gasteiger partial charge in [-0.1, -0.05) is 6.42 Å². The van der Waals surface area contributed by atoms with Crippen LogP contribution in [0.4, 0.5) is 0 Å². The zero-order chi connectivity index (χ0) is 9.84. The minimum absolute atomic E-state index is 0.405. The van der Waals surface area contributed by atoms with Gasteiger partial charge in [0.1, 0.15) is 0 Å². The van der Waals surface area contributed by atoms with E-state index in [9.17, 15) is 4.79 Å². The van der Waals surface area contributed by atoms with Gasteiger partial charge >= 0.3 is 0 Å². The molecule has 2 atom stereocenters.